The van der Waals surface area contributed by atoms with Crippen LogP contribution in [0, 0.1) is 5.82 Å². The van der Waals surface area contributed by atoms with Gasteiger partial charge in [-0.1, -0.05) is 48.9 Å². The smallest absolute Gasteiger partial charge is 0.126 e. The lowest BCUT2D eigenvalue weighted by molar-refractivity contribution is 0.489. The zero-order valence-electron chi connectivity index (χ0n) is 12.3. The molecule has 2 aromatic rings. The largest absolute Gasteiger partial charge is 0.310 e. The van der Waals surface area contributed by atoms with Gasteiger partial charge in [0.25, 0.3) is 0 Å². The standard InChI is InChI=1S/C19H22FN/c20-18-11-5-2-9-16(18)13-14-21-19-12-6-3-8-15-7-1-4-10-17(15)19/h1-2,4-5,7,9-11,19,21H,3,6,8,12-14H2. The van der Waals surface area contributed by atoms with Gasteiger partial charge in [-0.05, 0) is 55.0 Å². The number of rotatable bonds is 4. The van der Waals surface area contributed by atoms with E-state index in [1.165, 1.54) is 42.9 Å². The summed E-state index contributed by atoms with van der Waals surface area (Å²) in [5.41, 5.74) is 3.70. The number of fused-ring (bicyclic) bond motifs is 1. The van der Waals surface area contributed by atoms with Gasteiger partial charge in [0.05, 0.1) is 0 Å². The van der Waals surface area contributed by atoms with Crippen LogP contribution in [-0.4, -0.2) is 6.54 Å². The second-order valence-electron chi connectivity index (χ2n) is 5.79. The molecule has 110 valence electrons. The Morgan fingerprint density at radius 2 is 1.81 bits per heavy atom. The molecule has 0 aromatic heterocycles. The summed E-state index contributed by atoms with van der Waals surface area (Å²) >= 11 is 0. The summed E-state index contributed by atoms with van der Waals surface area (Å²) in [7, 11) is 0. The number of aryl methyl sites for hydroxylation is 1. The fourth-order valence-corrected chi connectivity index (χ4v) is 3.22. The zero-order valence-corrected chi connectivity index (χ0v) is 12.3. The van der Waals surface area contributed by atoms with Crippen molar-refractivity contribution in [2.75, 3.05) is 6.54 Å². The van der Waals surface area contributed by atoms with E-state index in [0.717, 1.165) is 18.5 Å². The first-order valence-electron chi connectivity index (χ1n) is 7.89. The van der Waals surface area contributed by atoms with Crippen LogP contribution in [0.1, 0.15) is 42.0 Å². The van der Waals surface area contributed by atoms with Gasteiger partial charge < -0.3 is 5.32 Å². The van der Waals surface area contributed by atoms with Crippen LogP contribution in [0.25, 0.3) is 0 Å². The second-order valence-corrected chi connectivity index (χ2v) is 5.79. The Kier molecular flexibility index (Phi) is 4.66. The lowest BCUT2D eigenvalue weighted by atomic mass is 9.99. The molecule has 1 N–H and O–H groups in total. The van der Waals surface area contributed by atoms with Crippen molar-refractivity contribution in [1.29, 1.82) is 0 Å². The third-order valence-electron chi connectivity index (χ3n) is 4.36. The molecule has 0 aliphatic heterocycles. The molecule has 21 heavy (non-hydrogen) atoms. The molecule has 0 radical (unpaired) electrons. The van der Waals surface area contributed by atoms with Crippen LogP contribution in [0.4, 0.5) is 4.39 Å². The Hall–Kier alpha value is -1.67. The Balaban J connectivity index is 1.64. The zero-order chi connectivity index (χ0) is 14.5. The molecule has 0 fully saturated rings. The maximum absolute atomic E-state index is 13.6. The minimum absolute atomic E-state index is 0.0967. The number of hydrogen-bond acceptors (Lipinski definition) is 1. The van der Waals surface area contributed by atoms with Crippen LogP contribution in [0.2, 0.25) is 0 Å². The molecular weight excluding hydrogens is 261 g/mol. The number of hydrogen-bond donors (Lipinski definition) is 1. The maximum Gasteiger partial charge on any atom is 0.126 e. The summed E-state index contributed by atoms with van der Waals surface area (Å²) in [5, 5.41) is 3.63. The predicted molar refractivity (Wildman–Crippen MR) is 84.8 cm³/mol. The first-order valence-corrected chi connectivity index (χ1v) is 7.89. The van der Waals surface area contributed by atoms with E-state index in [-0.39, 0.29) is 5.82 Å². The maximum atomic E-state index is 13.6. The van der Waals surface area contributed by atoms with Crippen LogP contribution in [-0.2, 0) is 12.8 Å². The summed E-state index contributed by atoms with van der Waals surface area (Å²) in [6.45, 7) is 0.819. The first kappa shape index (κ1) is 14.3. The number of halogens is 1. The third-order valence-corrected chi connectivity index (χ3v) is 4.36. The molecule has 0 heterocycles. The number of benzene rings is 2. The highest BCUT2D eigenvalue weighted by atomic mass is 19.1. The Morgan fingerprint density at radius 3 is 2.71 bits per heavy atom. The fraction of sp³-hybridized carbons (Fsp3) is 0.368. The van der Waals surface area contributed by atoms with Crippen molar-refractivity contribution in [3.8, 4) is 0 Å². The summed E-state index contributed by atoms with van der Waals surface area (Å²) in [4.78, 5) is 0. The molecule has 1 aliphatic carbocycles. The summed E-state index contributed by atoms with van der Waals surface area (Å²) in [5.74, 6) is -0.0967. The molecule has 1 nitrogen and oxygen atoms in total. The third kappa shape index (κ3) is 3.51. The minimum atomic E-state index is -0.0967. The average molecular weight is 283 g/mol. The minimum Gasteiger partial charge on any atom is -0.310 e. The summed E-state index contributed by atoms with van der Waals surface area (Å²) in [6.07, 6.45) is 5.62. The van der Waals surface area contributed by atoms with Gasteiger partial charge in [-0.15, -0.1) is 0 Å². The van der Waals surface area contributed by atoms with Crippen molar-refractivity contribution >= 4 is 0 Å². The van der Waals surface area contributed by atoms with Gasteiger partial charge in [-0.3, -0.25) is 0 Å². The first-order chi connectivity index (χ1) is 10.3. The van der Waals surface area contributed by atoms with Crippen molar-refractivity contribution in [2.24, 2.45) is 0 Å². The molecule has 0 saturated heterocycles. The highest BCUT2D eigenvalue weighted by molar-refractivity contribution is 5.31. The Bertz CT molecular complexity index is 594. The summed E-state index contributed by atoms with van der Waals surface area (Å²) < 4.78 is 13.6. The van der Waals surface area contributed by atoms with E-state index in [1.807, 2.05) is 12.1 Å². The lowest BCUT2D eigenvalue weighted by Gasteiger charge is -2.19. The van der Waals surface area contributed by atoms with E-state index in [9.17, 15) is 4.39 Å². The number of nitrogens with one attached hydrogen (secondary N) is 1. The normalized spacial score (nSPS) is 18.0. The van der Waals surface area contributed by atoms with E-state index in [2.05, 4.69) is 29.6 Å². The van der Waals surface area contributed by atoms with E-state index in [1.54, 1.807) is 6.07 Å². The predicted octanol–water partition coefficient (Wildman–Crippen LogP) is 4.43. The van der Waals surface area contributed by atoms with Gasteiger partial charge in [0.15, 0.2) is 0 Å². The van der Waals surface area contributed by atoms with Crippen LogP contribution < -0.4 is 5.32 Å². The molecule has 2 aromatic carbocycles. The Labute approximate surface area is 126 Å². The molecule has 1 unspecified atom stereocenters. The molecular formula is C19H22FN. The molecule has 1 atom stereocenters. The van der Waals surface area contributed by atoms with Crippen LogP contribution >= 0.6 is 0 Å². The van der Waals surface area contributed by atoms with Crippen molar-refractivity contribution in [2.45, 2.75) is 38.1 Å². The van der Waals surface area contributed by atoms with Gasteiger partial charge in [0.1, 0.15) is 5.82 Å². The monoisotopic (exact) mass is 283 g/mol. The SMILES string of the molecule is Fc1ccccc1CCNC1CCCCc2ccccc21. The fourth-order valence-electron chi connectivity index (χ4n) is 3.22. The van der Waals surface area contributed by atoms with Crippen molar-refractivity contribution < 1.29 is 4.39 Å². The van der Waals surface area contributed by atoms with Gasteiger partial charge >= 0.3 is 0 Å². The molecule has 0 spiro atoms. The molecule has 3 rings (SSSR count). The molecule has 0 bridgehead atoms. The highest BCUT2D eigenvalue weighted by Crippen LogP contribution is 2.28. The lowest BCUT2D eigenvalue weighted by Crippen LogP contribution is -2.24. The van der Waals surface area contributed by atoms with Crippen molar-refractivity contribution in [1.82, 2.24) is 5.32 Å². The van der Waals surface area contributed by atoms with E-state index >= 15 is 0 Å². The van der Waals surface area contributed by atoms with Crippen molar-refractivity contribution in [3.63, 3.8) is 0 Å². The molecule has 2 heteroatoms. The Morgan fingerprint density at radius 1 is 1.00 bits per heavy atom. The van der Waals surface area contributed by atoms with Crippen LogP contribution in [0.3, 0.4) is 0 Å². The quantitative estimate of drug-likeness (QED) is 0.819. The summed E-state index contributed by atoms with van der Waals surface area (Å²) in [6, 6.07) is 16.2. The second kappa shape index (κ2) is 6.86. The van der Waals surface area contributed by atoms with Crippen LogP contribution in [0.5, 0.6) is 0 Å². The van der Waals surface area contributed by atoms with Gasteiger partial charge in [0, 0.05) is 6.04 Å². The average Bonchev–Trinajstić information content (AvgIpc) is 2.72. The molecule has 0 amide bonds. The highest BCUT2D eigenvalue weighted by Gasteiger charge is 2.17. The van der Waals surface area contributed by atoms with Crippen molar-refractivity contribution in [3.05, 3.63) is 71.0 Å². The van der Waals surface area contributed by atoms with Gasteiger partial charge in [-0.25, -0.2) is 4.39 Å². The van der Waals surface area contributed by atoms with Gasteiger partial charge in [0.2, 0.25) is 0 Å². The topological polar surface area (TPSA) is 12.0 Å². The van der Waals surface area contributed by atoms with E-state index < -0.39 is 0 Å². The van der Waals surface area contributed by atoms with Gasteiger partial charge in [-0.2, -0.15) is 0 Å². The van der Waals surface area contributed by atoms with Crippen LogP contribution in [0.15, 0.2) is 48.5 Å². The molecule has 0 saturated carbocycles. The van der Waals surface area contributed by atoms with E-state index in [4.69, 9.17) is 0 Å². The molecule has 1 aliphatic rings. The van der Waals surface area contributed by atoms with E-state index in [0.29, 0.717) is 6.04 Å².